The number of hydrogen-bond acceptors (Lipinski definition) is 3. The van der Waals surface area contributed by atoms with Gasteiger partial charge >= 0.3 is 0 Å². The van der Waals surface area contributed by atoms with Crippen molar-refractivity contribution in [2.24, 2.45) is 11.1 Å². The van der Waals surface area contributed by atoms with Gasteiger partial charge in [0.2, 0.25) is 5.91 Å². The Kier molecular flexibility index (Phi) is 3.29. The standard InChI is InChI=1S/C10H16N2OS/c1-10(2,3)8(11)9(13)12-7-4-5-14-6-7/h4-6,8H,11H2,1-3H3,(H,12,13). The zero-order valence-corrected chi connectivity index (χ0v) is 9.52. The Labute approximate surface area is 88.3 Å². The quantitative estimate of drug-likeness (QED) is 0.788. The first-order valence-corrected chi connectivity index (χ1v) is 5.44. The summed E-state index contributed by atoms with van der Waals surface area (Å²) in [5, 5.41) is 6.57. The van der Waals surface area contributed by atoms with E-state index in [0.717, 1.165) is 5.69 Å². The molecule has 0 aliphatic rings. The molecule has 3 nitrogen and oxygen atoms in total. The lowest BCUT2D eigenvalue weighted by atomic mass is 9.87. The summed E-state index contributed by atoms with van der Waals surface area (Å²) in [6.45, 7) is 5.85. The SMILES string of the molecule is CC(C)(C)C(N)C(=O)Nc1ccsc1. The van der Waals surface area contributed by atoms with Crippen molar-refractivity contribution in [2.75, 3.05) is 5.32 Å². The summed E-state index contributed by atoms with van der Waals surface area (Å²) in [7, 11) is 0. The first kappa shape index (κ1) is 11.2. The van der Waals surface area contributed by atoms with Crippen LogP contribution in [0, 0.1) is 5.41 Å². The van der Waals surface area contributed by atoms with E-state index in [1.807, 2.05) is 37.6 Å². The number of carbonyl (C=O) groups is 1. The molecule has 4 heteroatoms. The van der Waals surface area contributed by atoms with Crippen LogP contribution in [0.15, 0.2) is 16.8 Å². The van der Waals surface area contributed by atoms with Gasteiger partial charge in [-0.05, 0) is 16.9 Å². The van der Waals surface area contributed by atoms with Crippen molar-refractivity contribution in [3.63, 3.8) is 0 Å². The molecular formula is C10H16N2OS. The normalized spacial score (nSPS) is 13.7. The summed E-state index contributed by atoms with van der Waals surface area (Å²) >= 11 is 1.55. The van der Waals surface area contributed by atoms with Gasteiger partial charge < -0.3 is 11.1 Å². The molecule has 1 rings (SSSR count). The molecule has 14 heavy (non-hydrogen) atoms. The molecule has 0 radical (unpaired) electrons. The van der Waals surface area contributed by atoms with Crippen molar-refractivity contribution in [3.05, 3.63) is 16.8 Å². The van der Waals surface area contributed by atoms with Gasteiger partial charge in [-0.15, -0.1) is 0 Å². The van der Waals surface area contributed by atoms with Crippen LogP contribution in [0.25, 0.3) is 0 Å². The minimum atomic E-state index is -0.484. The van der Waals surface area contributed by atoms with Crippen LogP contribution < -0.4 is 11.1 Å². The number of anilines is 1. The van der Waals surface area contributed by atoms with Crippen molar-refractivity contribution in [1.29, 1.82) is 0 Å². The fourth-order valence-corrected chi connectivity index (χ4v) is 1.54. The monoisotopic (exact) mass is 212 g/mol. The highest BCUT2D eigenvalue weighted by Crippen LogP contribution is 2.19. The zero-order chi connectivity index (χ0) is 10.8. The number of nitrogens with two attached hydrogens (primary N) is 1. The van der Waals surface area contributed by atoms with E-state index in [-0.39, 0.29) is 11.3 Å². The number of amides is 1. The Hall–Kier alpha value is -0.870. The Balaban J connectivity index is 2.59. The van der Waals surface area contributed by atoms with Crippen molar-refractivity contribution in [1.82, 2.24) is 0 Å². The predicted molar refractivity (Wildman–Crippen MR) is 60.4 cm³/mol. The van der Waals surface area contributed by atoms with Gasteiger partial charge in [0.25, 0.3) is 0 Å². The highest BCUT2D eigenvalue weighted by Gasteiger charge is 2.27. The van der Waals surface area contributed by atoms with Crippen LogP contribution in [0.1, 0.15) is 20.8 Å². The molecule has 1 heterocycles. The van der Waals surface area contributed by atoms with Gasteiger partial charge in [-0.3, -0.25) is 4.79 Å². The second-order valence-electron chi connectivity index (χ2n) is 4.34. The molecule has 3 N–H and O–H groups in total. The van der Waals surface area contributed by atoms with Crippen LogP contribution in [0.5, 0.6) is 0 Å². The molecule has 1 aromatic heterocycles. The van der Waals surface area contributed by atoms with Crippen LogP contribution in [0.4, 0.5) is 5.69 Å². The first-order valence-electron chi connectivity index (χ1n) is 4.50. The highest BCUT2D eigenvalue weighted by atomic mass is 32.1. The molecule has 0 aromatic carbocycles. The van der Waals surface area contributed by atoms with Gasteiger partial charge in [0.05, 0.1) is 11.7 Å². The minimum Gasteiger partial charge on any atom is -0.324 e. The van der Waals surface area contributed by atoms with Crippen LogP contribution in [0.2, 0.25) is 0 Å². The summed E-state index contributed by atoms with van der Waals surface area (Å²) < 4.78 is 0. The molecule has 0 saturated carbocycles. The summed E-state index contributed by atoms with van der Waals surface area (Å²) in [6, 6.07) is 1.38. The number of nitrogens with one attached hydrogen (secondary N) is 1. The molecule has 78 valence electrons. The summed E-state index contributed by atoms with van der Waals surface area (Å²) in [5.41, 5.74) is 6.41. The fourth-order valence-electron chi connectivity index (χ4n) is 0.949. The van der Waals surface area contributed by atoms with E-state index >= 15 is 0 Å². The van der Waals surface area contributed by atoms with Crippen molar-refractivity contribution in [3.8, 4) is 0 Å². The predicted octanol–water partition coefficient (Wildman–Crippen LogP) is 2.06. The first-order chi connectivity index (χ1) is 6.41. The van der Waals surface area contributed by atoms with Crippen LogP contribution in [-0.2, 0) is 4.79 Å². The molecule has 1 amide bonds. The fraction of sp³-hybridized carbons (Fsp3) is 0.500. The van der Waals surface area contributed by atoms with E-state index in [9.17, 15) is 4.79 Å². The minimum absolute atomic E-state index is 0.129. The lowest BCUT2D eigenvalue weighted by molar-refractivity contribution is -0.119. The third-order valence-corrected chi connectivity index (χ3v) is 2.69. The van der Waals surface area contributed by atoms with Crippen molar-refractivity contribution >= 4 is 22.9 Å². The average molecular weight is 212 g/mol. The lowest BCUT2D eigenvalue weighted by Crippen LogP contribution is -2.45. The molecule has 1 unspecified atom stereocenters. The second kappa shape index (κ2) is 4.11. The number of rotatable bonds is 2. The maximum Gasteiger partial charge on any atom is 0.241 e. The molecule has 0 saturated heterocycles. The van der Waals surface area contributed by atoms with Gasteiger partial charge in [-0.2, -0.15) is 11.3 Å². The van der Waals surface area contributed by atoms with Crippen LogP contribution in [-0.4, -0.2) is 11.9 Å². The van der Waals surface area contributed by atoms with Crippen molar-refractivity contribution < 1.29 is 4.79 Å². The number of carbonyl (C=O) groups excluding carboxylic acids is 1. The summed E-state index contributed by atoms with van der Waals surface area (Å²) in [5.74, 6) is -0.129. The van der Waals surface area contributed by atoms with Crippen LogP contribution in [0.3, 0.4) is 0 Å². The Morgan fingerprint density at radius 3 is 2.64 bits per heavy atom. The van der Waals surface area contributed by atoms with E-state index in [4.69, 9.17) is 5.73 Å². The van der Waals surface area contributed by atoms with E-state index in [1.54, 1.807) is 11.3 Å². The van der Waals surface area contributed by atoms with Crippen molar-refractivity contribution in [2.45, 2.75) is 26.8 Å². The number of hydrogen-bond donors (Lipinski definition) is 2. The summed E-state index contributed by atoms with van der Waals surface area (Å²) in [6.07, 6.45) is 0. The number of thiophene rings is 1. The topological polar surface area (TPSA) is 55.1 Å². The smallest absolute Gasteiger partial charge is 0.241 e. The van der Waals surface area contributed by atoms with Gasteiger partial charge in [-0.1, -0.05) is 20.8 Å². The highest BCUT2D eigenvalue weighted by molar-refractivity contribution is 7.08. The van der Waals surface area contributed by atoms with E-state index < -0.39 is 6.04 Å². The lowest BCUT2D eigenvalue weighted by Gasteiger charge is -2.25. The molecule has 1 aromatic rings. The largest absolute Gasteiger partial charge is 0.324 e. The van der Waals surface area contributed by atoms with Gasteiger partial charge in [-0.25, -0.2) is 0 Å². The summed E-state index contributed by atoms with van der Waals surface area (Å²) in [4.78, 5) is 11.6. The molecule has 0 bridgehead atoms. The van der Waals surface area contributed by atoms with Gasteiger partial charge in [0.1, 0.15) is 0 Å². The molecular weight excluding hydrogens is 196 g/mol. The zero-order valence-electron chi connectivity index (χ0n) is 8.70. The van der Waals surface area contributed by atoms with E-state index in [2.05, 4.69) is 5.32 Å². The Morgan fingerprint density at radius 1 is 1.57 bits per heavy atom. The van der Waals surface area contributed by atoms with Crippen LogP contribution >= 0.6 is 11.3 Å². The third kappa shape index (κ3) is 2.82. The molecule has 0 aliphatic carbocycles. The maximum absolute atomic E-state index is 11.6. The Morgan fingerprint density at radius 2 is 2.21 bits per heavy atom. The van der Waals surface area contributed by atoms with Gasteiger partial charge in [0, 0.05) is 5.38 Å². The van der Waals surface area contributed by atoms with E-state index in [0.29, 0.717) is 0 Å². The molecule has 0 fully saturated rings. The average Bonchev–Trinajstić information content (AvgIpc) is 2.53. The molecule has 0 aliphatic heterocycles. The second-order valence-corrected chi connectivity index (χ2v) is 5.13. The van der Waals surface area contributed by atoms with Gasteiger partial charge in [0.15, 0.2) is 0 Å². The van der Waals surface area contributed by atoms with E-state index in [1.165, 1.54) is 0 Å². The third-order valence-electron chi connectivity index (χ3n) is 2.00. The Bertz CT molecular complexity index is 300. The maximum atomic E-state index is 11.6. The molecule has 1 atom stereocenters. The molecule has 0 spiro atoms.